The first-order valence-electron chi connectivity index (χ1n) is 9.81. The Morgan fingerprint density at radius 3 is 2.92 bits per heavy atom. The lowest BCUT2D eigenvalue weighted by atomic mass is 9.86. The summed E-state index contributed by atoms with van der Waals surface area (Å²) in [7, 11) is 0. The third-order valence-corrected chi connectivity index (χ3v) is 5.96. The maximum Gasteiger partial charge on any atom is 0.315 e. The molecule has 138 valence electrons. The second-order valence-electron chi connectivity index (χ2n) is 7.72. The molecular weight excluding hydrogens is 312 g/mol. The molecule has 1 saturated heterocycles. The van der Waals surface area contributed by atoms with E-state index < -0.39 is 0 Å². The number of carbonyl (C=O) groups is 1. The second kappa shape index (κ2) is 8.65. The number of nitrogens with zero attached hydrogens (tertiary/aromatic N) is 2. The van der Waals surface area contributed by atoms with Gasteiger partial charge >= 0.3 is 6.03 Å². The zero-order valence-electron chi connectivity index (χ0n) is 15.6. The molecule has 1 aromatic heterocycles. The summed E-state index contributed by atoms with van der Waals surface area (Å²) >= 11 is 0. The van der Waals surface area contributed by atoms with Crippen molar-refractivity contribution in [1.29, 1.82) is 0 Å². The van der Waals surface area contributed by atoms with Crippen molar-refractivity contribution in [2.45, 2.75) is 64.5 Å². The van der Waals surface area contributed by atoms with Crippen molar-refractivity contribution in [3.63, 3.8) is 0 Å². The Kier molecular flexibility index (Phi) is 6.29. The fraction of sp³-hybridized carbons (Fsp3) is 0.700. The zero-order valence-corrected chi connectivity index (χ0v) is 15.6. The largest absolute Gasteiger partial charge is 0.338 e. The standard InChI is InChI=1S/C20H32N4O/c1-15-13-21-10-8-17(15)9-11-22-20(25)23-16(2)18-5-4-12-24(14-18)19-6-3-7-19/h8,10,13,16,18-19H,3-7,9,11-12,14H2,1-2H3,(H2,22,23,25)/t16-,18-/m0/s1. The van der Waals surface area contributed by atoms with Crippen LogP contribution in [-0.4, -0.2) is 47.6 Å². The number of hydrogen-bond donors (Lipinski definition) is 2. The maximum absolute atomic E-state index is 12.2. The number of piperidine rings is 1. The van der Waals surface area contributed by atoms with Crippen LogP contribution in [0.15, 0.2) is 18.5 Å². The van der Waals surface area contributed by atoms with Gasteiger partial charge in [-0.25, -0.2) is 4.79 Å². The summed E-state index contributed by atoms with van der Waals surface area (Å²) in [6.07, 6.45) is 11.1. The van der Waals surface area contributed by atoms with E-state index in [-0.39, 0.29) is 12.1 Å². The first-order valence-corrected chi connectivity index (χ1v) is 9.81. The molecule has 0 spiro atoms. The lowest BCUT2D eigenvalue weighted by Crippen LogP contribution is -2.52. The fourth-order valence-corrected chi connectivity index (χ4v) is 4.00. The Hall–Kier alpha value is -1.62. The van der Waals surface area contributed by atoms with E-state index in [0.29, 0.717) is 12.5 Å². The maximum atomic E-state index is 12.2. The quantitative estimate of drug-likeness (QED) is 0.834. The molecule has 3 rings (SSSR count). The highest BCUT2D eigenvalue weighted by molar-refractivity contribution is 5.74. The Morgan fingerprint density at radius 2 is 2.20 bits per heavy atom. The summed E-state index contributed by atoms with van der Waals surface area (Å²) in [5.74, 6) is 0.572. The monoisotopic (exact) mass is 344 g/mol. The highest BCUT2D eigenvalue weighted by Gasteiger charge is 2.31. The van der Waals surface area contributed by atoms with Crippen molar-refractivity contribution in [1.82, 2.24) is 20.5 Å². The van der Waals surface area contributed by atoms with Gasteiger partial charge in [-0.2, -0.15) is 0 Å². The molecule has 0 bridgehead atoms. The van der Waals surface area contributed by atoms with Crippen LogP contribution < -0.4 is 10.6 Å². The Balaban J connectivity index is 1.39. The molecule has 2 fully saturated rings. The fourth-order valence-electron chi connectivity index (χ4n) is 4.00. The third-order valence-electron chi connectivity index (χ3n) is 5.96. The summed E-state index contributed by atoms with van der Waals surface area (Å²) in [6, 6.07) is 3.02. The molecule has 0 aromatic carbocycles. The van der Waals surface area contributed by atoms with Gasteiger partial charge in [-0.3, -0.25) is 4.98 Å². The highest BCUT2D eigenvalue weighted by atomic mass is 16.2. The molecule has 2 amide bonds. The average molecular weight is 345 g/mol. The summed E-state index contributed by atoms with van der Waals surface area (Å²) in [5.41, 5.74) is 2.42. The molecule has 2 aliphatic rings. The van der Waals surface area contributed by atoms with E-state index in [1.54, 1.807) is 6.20 Å². The van der Waals surface area contributed by atoms with Crippen LogP contribution in [0.2, 0.25) is 0 Å². The van der Waals surface area contributed by atoms with Crippen molar-refractivity contribution in [3.8, 4) is 0 Å². The number of aryl methyl sites for hydroxylation is 1. The third kappa shape index (κ3) is 4.94. The minimum Gasteiger partial charge on any atom is -0.338 e. The molecule has 1 aromatic rings. The van der Waals surface area contributed by atoms with Crippen molar-refractivity contribution >= 4 is 6.03 Å². The summed E-state index contributed by atoms with van der Waals surface area (Å²) < 4.78 is 0. The molecular formula is C20H32N4O. The van der Waals surface area contributed by atoms with Gasteiger partial charge in [-0.15, -0.1) is 0 Å². The molecule has 2 N–H and O–H groups in total. The average Bonchev–Trinajstić information content (AvgIpc) is 2.55. The Labute approximate surface area is 151 Å². The SMILES string of the molecule is Cc1cnccc1CCNC(=O)N[C@@H](C)[C@H]1CCCN(C2CCC2)C1. The summed E-state index contributed by atoms with van der Waals surface area (Å²) in [5, 5.41) is 6.16. The smallest absolute Gasteiger partial charge is 0.315 e. The number of urea groups is 1. The number of nitrogens with one attached hydrogen (secondary N) is 2. The number of hydrogen-bond acceptors (Lipinski definition) is 3. The Morgan fingerprint density at radius 1 is 1.36 bits per heavy atom. The van der Waals surface area contributed by atoms with Crippen LogP contribution >= 0.6 is 0 Å². The minimum absolute atomic E-state index is 0.0417. The number of carbonyl (C=O) groups excluding carboxylic acids is 1. The zero-order chi connectivity index (χ0) is 17.6. The number of pyridine rings is 1. The van der Waals surface area contributed by atoms with Crippen molar-refractivity contribution in [3.05, 3.63) is 29.6 Å². The lowest BCUT2D eigenvalue weighted by molar-refractivity contribution is 0.0679. The highest BCUT2D eigenvalue weighted by Crippen LogP contribution is 2.30. The van der Waals surface area contributed by atoms with Crippen LogP contribution in [0.4, 0.5) is 4.79 Å². The van der Waals surface area contributed by atoms with Crippen LogP contribution in [0.25, 0.3) is 0 Å². The summed E-state index contributed by atoms with van der Waals surface area (Å²) in [6.45, 7) is 7.25. The van der Waals surface area contributed by atoms with Gasteiger partial charge in [-0.1, -0.05) is 6.42 Å². The molecule has 25 heavy (non-hydrogen) atoms. The topological polar surface area (TPSA) is 57.3 Å². The van der Waals surface area contributed by atoms with Crippen LogP contribution in [0.1, 0.15) is 50.2 Å². The van der Waals surface area contributed by atoms with E-state index in [9.17, 15) is 4.79 Å². The number of rotatable bonds is 6. The lowest BCUT2D eigenvalue weighted by Gasteiger charge is -2.43. The molecule has 1 aliphatic carbocycles. The predicted molar refractivity (Wildman–Crippen MR) is 101 cm³/mol. The molecule has 1 aliphatic heterocycles. The van der Waals surface area contributed by atoms with Gasteiger partial charge in [0.25, 0.3) is 0 Å². The van der Waals surface area contributed by atoms with Crippen LogP contribution in [0, 0.1) is 12.8 Å². The van der Waals surface area contributed by atoms with Crippen molar-refractivity contribution in [2.75, 3.05) is 19.6 Å². The van der Waals surface area contributed by atoms with Gasteiger partial charge in [0.2, 0.25) is 0 Å². The molecule has 5 nitrogen and oxygen atoms in total. The van der Waals surface area contributed by atoms with E-state index >= 15 is 0 Å². The molecule has 1 saturated carbocycles. The first-order chi connectivity index (χ1) is 12.1. The van der Waals surface area contributed by atoms with Crippen LogP contribution in [0.3, 0.4) is 0 Å². The van der Waals surface area contributed by atoms with E-state index in [4.69, 9.17) is 0 Å². The van der Waals surface area contributed by atoms with E-state index in [1.165, 1.54) is 49.8 Å². The van der Waals surface area contributed by atoms with Gasteiger partial charge in [0.15, 0.2) is 0 Å². The summed E-state index contributed by atoms with van der Waals surface area (Å²) in [4.78, 5) is 19.0. The van der Waals surface area contributed by atoms with E-state index in [1.807, 2.05) is 12.3 Å². The van der Waals surface area contributed by atoms with Crippen LogP contribution in [0.5, 0.6) is 0 Å². The minimum atomic E-state index is -0.0417. The van der Waals surface area contributed by atoms with E-state index in [0.717, 1.165) is 19.0 Å². The van der Waals surface area contributed by atoms with Gasteiger partial charge in [0.05, 0.1) is 0 Å². The predicted octanol–water partition coefficient (Wildman–Crippen LogP) is 2.88. The number of amides is 2. The molecule has 0 unspecified atom stereocenters. The molecule has 0 radical (unpaired) electrons. The van der Waals surface area contributed by atoms with Crippen molar-refractivity contribution < 1.29 is 4.79 Å². The number of aromatic nitrogens is 1. The molecule has 5 heteroatoms. The van der Waals surface area contributed by atoms with Gasteiger partial charge in [-0.05, 0) is 75.6 Å². The van der Waals surface area contributed by atoms with Crippen molar-refractivity contribution in [2.24, 2.45) is 5.92 Å². The molecule has 2 atom stereocenters. The normalized spacial score (nSPS) is 22.9. The van der Waals surface area contributed by atoms with Crippen LogP contribution in [-0.2, 0) is 6.42 Å². The number of likely N-dealkylation sites (tertiary alicyclic amines) is 1. The first kappa shape index (κ1) is 18.2. The Bertz CT molecular complexity index is 573. The van der Waals surface area contributed by atoms with Gasteiger partial charge in [0.1, 0.15) is 0 Å². The van der Waals surface area contributed by atoms with Gasteiger partial charge in [0, 0.05) is 37.6 Å². The van der Waals surface area contributed by atoms with E-state index in [2.05, 4.69) is 34.4 Å². The second-order valence-corrected chi connectivity index (χ2v) is 7.72. The molecule has 2 heterocycles. The van der Waals surface area contributed by atoms with Gasteiger partial charge < -0.3 is 15.5 Å².